The van der Waals surface area contributed by atoms with E-state index < -0.39 is 0 Å². The average molecular weight is 357 g/mol. The summed E-state index contributed by atoms with van der Waals surface area (Å²) in [7, 11) is 0. The Morgan fingerprint density at radius 1 is 0.909 bits per heavy atom. The standard InChI is InChI=1S/C18H13BrO3/c1-10-7-8-14(11(2)9-10)22-18-15(19)16(20)12-5-3-4-6-13(12)17(18)21/h3-9H,1-2H3. The second-order valence-electron chi connectivity index (χ2n) is 5.22. The zero-order valence-electron chi connectivity index (χ0n) is 12.1. The number of allylic oxidation sites excluding steroid dienone is 2. The predicted octanol–water partition coefficient (Wildman–Crippen LogP) is 4.37. The van der Waals surface area contributed by atoms with Gasteiger partial charge in [-0.25, -0.2) is 0 Å². The molecule has 22 heavy (non-hydrogen) atoms. The molecule has 3 nitrogen and oxygen atoms in total. The molecule has 0 aliphatic heterocycles. The maximum Gasteiger partial charge on any atom is 0.230 e. The Hall–Kier alpha value is -2.20. The van der Waals surface area contributed by atoms with Crippen LogP contribution in [0, 0.1) is 13.8 Å². The van der Waals surface area contributed by atoms with Gasteiger partial charge in [0.2, 0.25) is 11.6 Å². The third-order valence-electron chi connectivity index (χ3n) is 3.56. The number of benzene rings is 2. The van der Waals surface area contributed by atoms with Crippen LogP contribution in [0.4, 0.5) is 0 Å². The van der Waals surface area contributed by atoms with E-state index in [1.807, 2.05) is 26.0 Å². The van der Waals surface area contributed by atoms with Crippen molar-refractivity contribution >= 4 is 27.5 Å². The third-order valence-corrected chi connectivity index (χ3v) is 4.28. The number of Topliss-reactive ketones (excluding diaryl/α,β-unsaturated/α-hetero) is 2. The van der Waals surface area contributed by atoms with E-state index >= 15 is 0 Å². The lowest BCUT2D eigenvalue weighted by Crippen LogP contribution is -2.23. The monoisotopic (exact) mass is 356 g/mol. The van der Waals surface area contributed by atoms with Crippen LogP contribution in [-0.2, 0) is 0 Å². The summed E-state index contributed by atoms with van der Waals surface area (Å²) in [6, 6.07) is 12.4. The summed E-state index contributed by atoms with van der Waals surface area (Å²) in [6.45, 7) is 3.89. The van der Waals surface area contributed by atoms with Crippen molar-refractivity contribution < 1.29 is 14.3 Å². The summed E-state index contributed by atoms with van der Waals surface area (Å²) in [6.07, 6.45) is 0. The minimum atomic E-state index is -0.290. The first-order valence-electron chi connectivity index (χ1n) is 6.82. The van der Waals surface area contributed by atoms with E-state index in [0.717, 1.165) is 11.1 Å². The molecule has 0 unspecified atom stereocenters. The second kappa shape index (κ2) is 5.54. The maximum absolute atomic E-state index is 12.6. The van der Waals surface area contributed by atoms with Crippen molar-refractivity contribution in [3.05, 3.63) is 75.0 Å². The van der Waals surface area contributed by atoms with Crippen molar-refractivity contribution in [1.82, 2.24) is 0 Å². The van der Waals surface area contributed by atoms with Crippen molar-refractivity contribution in [3.8, 4) is 5.75 Å². The number of aryl methyl sites for hydroxylation is 2. The van der Waals surface area contributed by atoms with Crippen LogP contribution in [0.5, 0.6) is 5.75 Å². The van der Waals surface area contributed by atoms with Gasteiger partial charge in [-0.15, -0.1) is 0 Å². The third kappa shape index (κ3) is 2.40. The van der Waals surface area contributed by atoms with Crippen LogP contribution in [0.15, 0.2) is 52.7 Å². The number of fused-ring (bicyclic) bond motifs is 1. The average Bonchev–Trinajstić information content (AvgIpc) is 2.51. The zero-order chi connectivity index (χ0) is 15.9. The minimum Gasteiger partial charge on any atom is -0.452 e. The highest BCUT2D eigenvalue weighted by molar-refractivity contribution is 9.12. The summed E-state index contributed by atoms with van der Waals surface area (Å²) in [4.78, 5) is 25.0. The smallest absolute Gasteiger partial charge is 0.230 e. The van der Waals surface area contributed by atoms with Gasteiger partial charge in [0.1, 0.15) is 10.2 Å². The largest absolute Gasteiger partial charge is 0.452 e. The number of carbonyl (C=O) groups is 2. The molecule has 3 rings (SSSR count). The van der Waals surface area contributed by atoms with Gasteiger partial charge in [0.25, 0.3) is 0 Å². The van der Waals surface area contributed by atoms with Gasteiger partial charge in [-0.3, -0.25) is 9.59 Å². The van der Waals surface area contributed by atoms with Crippen LogP contribution >= 0.6 is 15.9 Å². The second-order valence-corrected chi connectivity index (χ2v) is 6.01. The molecule has 0 amide bonds. The molecule has 0 bridgehead atoms. The van der Waals surface area contributed by atoms with E-state index in [4.69, 9.17) is 4.74 Å². The quantitative estimate of drug-likeness (QED) is 0.802. The first kappa shape index (κ1) is 14.7. The number of carbonyl (C=O) groups excluding carboxylic acids is 2. The number of halogens is 1. The number of ketones is 2. The van der Waals surface area contributed by atoms with Gasteiger partial charge < -0.3 is 4.74 Å². The molecule has 1 aliphatic rings. The molecule has 0 spiro atoms. The van der Waals surface area contributed by atoms with Crippen LogP contribution in [0.2, 0.25) is 0 Å². The van der Waals surface area contributed by atoms with Gasteiger partial charge in [-0.05, 0) is 41.4 Å². The Morgan fingerprint density at radius 3 is 2.18 bits per heavy atom. The fourth-order valence-corrected chi connectivity index (χ4v) is 2.91. The van der Waals surface area contributed by atoms with Gasteiger partial charge in [0.15, 0.2) is 5.76 Å². The summed E-state index contributed by atoms with van der Waals surface area (Å²) in [5.74, 6) is 0.0748. The maximum atomic E-state index is 12.6. The van der Waals surface area contributed by atoms with E-state index in [2.05, 4.69) is 15.9 Å². The van der Waals surface area contributed by atoms with E-state index in [-0.39, 0.29) is 21.8 Å². The van der Waals surface area contributed by atoms with E-state index in [0.29, 0.717) is 16.9 Å². The first-order valence-corrected chi connectivity index (χ1v) is 7.61. The molecule has 0 radical (unpaired) electrons. The molecule has 2 aromatic carbocycles. The first-order chi connectivity index (χ1) is 10.5. The van der Waals surface area contributed by atoms with Crippen LogP contribution in [0.25, 0.3) is 0 Å². The highest BCUT2D eigenvalue weighted by Gasteiger charge is 2.32. The van der Waals surface area contributed by atoms with Crippen LogP contribution in [0.1, 0.15) is 31.8 Å². The molecule has 0 N–H and O–H groups in total. The topological polar surface area (TPSA) is 43.4 Å². The lowest BCUT2D eigenvalue weighted by Gasteiger charge is -2.19. The van der Waals surface area contributed by atoms with Crippen molar-refractivity contribution in [2.75, 3.05) is 0 Å². The van der Waals surface area contributed by atoms with Gasteiger partial charge in [-0.2, -0.15) is 0 Å². The SMILES string of the molecule is Cc1ccc(OC2=C(Br)C(=O)c3ccccc3C2=O)c(C)c1. The molecule has 4 heteroatoms. The van der Waals surface area contributed by atoms with Crippen LogP contribution in [0.3, 0.4) is 0 Å². The lowest BCUT2D eigenvalue weighted by molar-refractivity contribution is 0.0944. The van der Waals surface area contributed by atoms with E-state index in [1.54, 1.807) is 30.3 Å². The Morgan fingerprint density at radius 2 is 1.55 bits per heavy atom. The predicted molar refractivity (Wildman–Crippen MR) is 87.6 cm³/mol. The summed E-state index contributed by atoms with van der Waals surface area (Å²) in [5, 5.41) is 0. The molecule has 0 fully saturated rings. The molecule has 0 saturated carbocycles. The number of ether oxygens (including phenoxy) is 1. The van der Waals surface area contributed by atoms with Crippen molar-refractivity contribution in [2.24, 2.45) is 0 Å². The molecule has 1 aliphatic carbocycles. The summed E-state index contributed by atoms with van der Waals surface area (Å²) >= 11 is 3.21. The van der Waals surface area contributed by atoms with E-state index in [1.165, 1.54) is 0 Å². The Labute approximate surface area is 136 Å². The lowest BCUT2D eigenvalue weighted by atomic mass is 9.93. The highest BCUT2D eigenvalue weighted by Crippen LogP contribution is 2.32. The summed E-state index contributed by atoms with van der Waals surface area (Å²) in [5.41, 5.74) is 2.78. The van der Waals surface area contributed by atoms with Crippen molar-refractivity contribution in [2.45, 2.75) is 13.8 Å². The molecule has 0 saturated heterocycles. The van der Waals surface area contributed by atoms with Crippen molar-refractivity contribution in [1.29, 1.82) is 0 Å². The van der Waals surface area contributed by atoms with Crippen LogP contribution < -0.4 is 4.74 Å². The number of rotatable bonds is 2. The van der Waals surface area contributed by atoms with Gasteiger partial charge in [0.05, 0.1) is 0 Å². The molecule has 2 aromatic rings. The fourth-order valence-electron chi connectivity index (χ4n) is 2.44. The fraction of sp³-hybridized carbons (Fsp3) is 0.111. The molecular weight excluding hydrogens is 344 g/mol. The Balaban J connectivity index is 2.05. The zero-order valence-corrected chi connectivity index (χ0v) is 13.7. The van der Waals surface area contributed by atoms with Crippen molar-refractivity contribution in [3.63, 3.8) is 0 Å². The molecule has 110 valence electrons. The molecule has 0 atom stereocenters. The molecular formula is C18H13BrO3. The normalized spacial score (nSPS) is 14.1. The van der Waals surface area contributed by atoms with Gasteiger partial charge in [-0.1, -0.05) is 42.0 Å². The van der Waals surface area contributed by atoms with E-state index in [9.17, 15) is 9.59 Å². The van der Waals surface area contributed by atoms with Gasteiger partial charge in [0, 0.05) is 11.1 Å². The minimum absolute atomic E-state index is 0.0376. The number of hydrogen-bond donors (Lipinski definition) is 0. The Bertz CT molecular complexity index is 834. The highest BCUT2D eigenvalue weighted by atomic mass is 79.9. The van der Waals surface area contributed by atoms with Gasteiger partial charge >= 0.3 is 0 Å². The molecule has 0 heterocycles. The number of hydrogen-bond acceptors (Lipinski definition) is 3. The summed E-state index contributed by atoms with van der Waals surface area (Å²) < 4.78 is 5.92. The molecule has 0 aromatic heterocycles. The Kier molecular flexibility index (Phi) is 3.71. The van der Waals surface area contributed by atoms with Crippen LogP contribution in [-0.4, -0.2) is 11.6 Å².